The topological polar surface area (TPSA) is 38.3 Å². The number of nitrogens with one attached hydrogen (secondary N) is 1. The number of carbonyl (C=O) groups is 1. The van der Waals surface area contributed by atoms with Gasteiger partial charge in [-0.15, -0.1) is 0 Å². The van der Waals surface area contributed by atoms with Crippen molar-refractivity contribution >= 4 is 21.8 Å². The minimum Gasteiger partial charge on any atom is -0.489 e. The second kappa shape index (κ2) is 8.16. The molecule has 0 aromatic heterocycles. The molecule has 0 atom stereocenters. The minimum absolute atomic E-state index is 0.00562. The molecule has 0 saturated carbocycles. The number of ether oxygens (including phenoxy) is 1. The normalized spacial score (nSPS) is 10.4. The molecule has 0 fully saturated rings. The average molecular weight is 376 g/mol. The number of rotatable bonds is 6. The van der Waals surface area contributed by atoms with Gasteiger partial charge in [-0.2, -0.15) is 0 Å². The van der Waals surface area contributed by atoms with Crippen LogP contribution in [0.15, 0.2) is 40.9 Å². The molecule has 0 unspecified atom stereocenters. The summed E-state index contributed by atoms with van der Waals surface area (Å²) < 4.78 is 7.01. The van der Waals surface area contributed by atoms with Crippen molar-refractivity contribution in [3.05, 3.63) is 63.1 Å². The van der Waals surface area contributed by atoms with Gasteiger partial charge in [-0.3, -0.25) is 4.79 Å². The van der Waals surface area contributed by atoms with Crippen molar-refractivity contribution in [3.63, 3.8) is 0 Å². The highest BCUT2D eigenvalue weighted by molar-refractivity contribution is 9.10. The zero-order valence-electron chi connectivity index (χ0n) is 13.8. The molecule has 0 bridgehead atoms. The summed E-state index contributed by atoms with van der Waals surface area (Å²) >= 11 is 3.57. The lowest BCUT2D eigenvalue weighted by Gasteiger charge is -2.15. The average Bonchev–Trinajstić information content (AvgIpc) is 2.55. The van der Waals surface area contributed by atoms with E-state index in [4.69, 9.17) is 4.74 Å². The predicted molar refractivity (Wildman–Crippen MR) is 96.8 cm³/mol. The van der Waals surface area contributed by atoms with E-state index in [1.165, 1.54) is 11.1 Å². The number of benzene rings is 2. The van der Waals surface area contributed by atoms with E-state index in [0.29, 0.717) is 13.0 Å². The van der Waals surface area contributed by atoms with E-state index >= 15 is 0 Å². The molecule has 4 heteroatoms. The molecule has 0 saturated heterocycles. The molecular formula is C19H22BrNO2. The summed E-state index contributed by atoms with van der Waals surface area (Å²) in [6.07, 6.45) is 1.28. The van der Waals surface area contributed by atoms with E-state index in [1.54, 1.807) is 7.05 Å². The van der Waals surface area contributed by atoms with Gasteiger partial charge in [0.1, 0.15) is 12.4 Å². The highest BCUT2D eigenvalue weighted by atomic mass is 79.9. The molecule has 0 aliphatic rings. The van der Waals surface area contributed by atoms with Gasteiger partial charge in [-0.1, -0.05) is 52.7 Å². The Labute approximate surface area is 146 Å². The summed E-state index contributed by atoms with van der Waals surface area (Å²) in [4.78, 5) is 11.7. The van der Waals surface area contributed by atoms with E-state index in [0.717, 1.165) is 27.8 Å². The monoisotopic (exact) mass is 375 g/mol. The Bertz CT molecular complexity index is 698. The van der Waals surface area contributed by atoms with Crippen LogP contribution in [0.4, 0.5) is 0 Å². The summed E-state index contributed by atoms with van der Waals surface area (Å²) in [6, 6.07) is 12.1. The van der Waals surface area contributed by atoms with Gasteiger partial charge in [-0.05, 0) is 36.6 Å². The van der Waals surface area contributed by atoms with Crippen molar-refractivity contribution in [2.45, 2.75) is 33.3 Å². The van der Waals surface area contributed by atoms with Crippen LogP contribution >= 0.6 is 15.9 Å². The van der Waals surface area contributed by atoms with Gasteiger partial charge in [-0.25, -0.2) is 0 Å². The predicted octanol–water partition coefficient (Wildman–Crippen LogP) is 4.19. The molecule has 1 N–H and O–H groups in total. The zero-order valence-corrected chi connectivity index (χ0v) is 15.4. The fourth-order valence-electron chi connectivity index (χ4n) is 2.47. The van der Waals surface area contributed by atoms with Crippen molar-refractivity contribution in [2.75, 3.05) is 7.05 Å². The quantitative estimate of drug-likeness (QED) is 0.821. The molecule has 3 nitrogen and oxygen atoms in total. The van der Waals surface area contributed by atoms with Crippen molar-refractivity contribution in [3.8, 4) is 5.75 Å². The number of carbonyl (C=O) groups excluding carboxylic acids is 1. The summed E-state index contributed by atoms with van der Waals surface area (Å²) in [7, 11) is 1.65. The Hall–Kier alpha value is -1.81. The Kier molecular flexibility index (Phi) is 6.22. The first kappa shape index (κ1) is 17.5. The SMILES string of the molecule is CCc1cc(C)ccc1OCc1c(Br)cccc1CC(=O)NC. The van der Waals surface area contributed by atoms with Crippen LogP contribution in [0.2, 0.25) is 0 Å². The highest BCUT2D eigenvalue weighted by Crippen LogP contribution is 2.26. The third-order valence-electron chi connectivity index (χ3n) is 3.81. The number of hydrogen-bond acceptors (Lipinski definition) is 2. The molecule has 1 amide bonds. The lowest BCUT2D eigenvalue weighted by molar-refractivity contribution is -0.119. The Morgan fingerprint density at radius 2 is 2.00 bits per heavy atom. The molecule has 23 heavy (non-hydrogen) atoms. The second-order valence-electron chi connectivity index (χ2n) is 5.48. The van der Waals surface area contributed by atoms with Crippen LogP contribution in [0.3, 0.4) is 0 Å². The standard InChI is InChI=1S/C19H22BrNO2/c1-4-14-10-13(2)8-9-18(14)23-12-16-15(11-19(22)21-3)6-5-7-17(16)20/h5-10H,4,11-12H2,1-3H3,(H,21,22). The summed E-state index contributed by atoms with van der Waals surface area (Å²) in [5, 5.41) is 2.66. The first-order valence-corrected chi connectivity index (χ1v) is 8.53. The van der Waals surface area contributed by atoms with Gasteiger partial charge >= 0.3 is 0 Å². The summed E-state index contributed by atoms with van der Waals surface area (Å²) in [5.41, 5.74) is 4.42. The van der Waals surface area contributed by atoms with E-state index in [-0.39, 0.29) is 5.91 Å². The Morgan fingerprint density at radius 1 is 1.22 bits per heavy atom. The number of hydrogen-bond donors (Lipinski definition) is 1. The molecule has 2 aromatic carbocycles. The van der Waals surface area contributed by atoms with E-state index in [2.05, 4.69) is 47.2 Å². The van der Waals surface area contributed by atoms with E-state index in [9.17, 15) is 4.79 Å². The maximum Gasteiger partial charge on any atom is 0.224 e. The third-order valence-corrected chi connectivity index (χ3v) is 4.56. The zero-order chi connectivity index (χ0) is 16.8. The maximum atomic E-state index is 11.7. The van der Waals surface area contributed by atoms with E-state index < -0.39 is 0 Å². The first-order valence-electron chi connectivity index (χ1n) is 7.74. The number of aryl methyl sites for hydroxylation is 2. The van der Waals surface area contributed by atoms with Gasteiger partial charge in [0.05, 0.1) is 6.42 Å². The summed E-state index contributed by atoms with van der Waals surface area (Å²) in [5.74, 6) is 0.897. The Morgan fingerprint density at radius 3 is 2.70 bits per heavy atom. The smallest absolute Gasteiger partial charge is 0.224 e. The third kappa shape index (κ3) is 4.58. The largest absolute Gasteiger partial charge is 0.489 e. The number of likely N-dealkylation sites (N-methyl/N-ethyl adjacent to an activating group) is 1. The van der Waals surface area contributed by atoms with Gasteiger partial charge in [0, 0.05) is 17.1 Å². The van der Waals surface area contributed by atoms with Gasteiger partial charge < -0.3 is 10.1 Å². The van der Waals surface area contributed by atoms with Crippen molar-refractivity contribution in [1.82, 2.24) is 5.32 Å². The van der Waals surface area contributed by atoms with Gasteiger partial charge in [0.2, 0.25) is 5.91 Å². The molecule has 2 aromatic rings. The fourth-order valence-corrected chi connectivity index (χ4v) is 2.99. The van der Waals surface area contributed by atoms with Crippen LogP contribution in [0.25, 0.3) is 0 Å². The van der Waals surface area contributed by atoms with Crippen molar-refractivity contribution in [1.29, 1.82) is 0 Å². The molecule has 0 radical (unpaired) electrons. The van der Waals surface area contributed by atoms with Crippen LogP contribution in [0.1, 0.15) is 29.2 Å². The van der Waals surface area contributed by atoms with Crippen molar-refractivity contribution < 1.29 is 9.53 Å². The molecule has 122 valence electrons. The second-order valence-corrected chi connectivity index (χ2v) is 6.34. The van der Waals surface area contributed by atoms with Crippen LogP contribution in [-0.2, 0) is 24.2 Å². The fraction of sp³-hybridized carbons (Fsp3) is 0.316. The lowest BCUT2D eigenvalue weighted by Crippen LogP contribution is -2.21. The molecule has 0 aliphatic heterocycles. The van der Waals surface area contributed by atoms with E-state index in [1.807, 2.05) is 24.3 Å². The number of amides is 1. The van der Waals surface area contributed by atoms with Gasteiger partial charge in [0.15, 0.2) is 0 Å². The first-order chi connectivity index (χ1) is 11.0. The highest BCUT2D eigenvalue weighted by Gasteiger charge is 2.12. The van der Waals surface area contributed by atoms with Crippen LogP contribution in [-0.4, -0.2) is 13.0 Å². The van der Waals surface area contributed by atoms with Crippen LogP contribution < -0.4 is 10.1 Å². The van der Waals surface area contributed by atoms with Crippen LogP contribution in [0.5, 0.6) is 5.75 Å². The molecule has 0 spiro atoms. The Balaban J connectivity index is 2.22. The van der Waals surface area contributed by atoms with Crippen molar-refractivity contribution in [2.24, 2.45) is 0 Å². The summed E-state index contributed by atoms with van der Waals surface area (Å²) in [6.45, 7) is 4.64. The maximum absolute atomic E-state index is 11.7. The molecule has 0 aliphatic carbocycles. The molecule has 2 rings (SSSR count). The molecule has 0 heterocycles. The molecular weight excluding hydrogens is 354 g/mol. The van der Waals surface area contributed by atoms with Crippen LogP contribution in [0, 0.1) is 6.92 Å². The lowest BCUT2D eigenvalue weighted by atomic mass is 10.0. The van der Waals surface area contributed by atoms with Gasteiger partial charge in [0.25, 0.3) is 0 Å². The number of halogens is 1. The minimum atomic E-state index is -0.00562.